The minimum absolute atomic E-state index is 0.0556. The van der Waals surface area contributed by atoms with Crippen LogP contribution in [-0.4, -0.2) is 29.9 Å². The van der Waals surface area contributed by atoms with Gasteiger partial charge in [0, 0.05) is 22.7 Å². The first-order valence-electron chi connectivity index (χ1n) is 7.33. The molecule has 128 valence electrons. The number of benzene rings is 1. The van der Waals surface area contributed by atoms with Gasteiger partial charge in [0.2, 0.25) is 0 Å². The van der Waals surface area contributed by atoms with Crippen LogP contribution in [-0.2, 0) is 14.3 Å². The Balaban J connectivity index is 2.81. The monoisotopic (exact) mass is 358 g/mol. The molecule has 6 nitrogen and oxygen atoms in total. The van der Waals surface area contributed by atoms with E-state index in [4.69, 9.17) is 21.6 Å². The molecule has 0 spiro atoms. The van der Waals surface area contributed by atoms with E-state index >= 15 is 0 Å². The van der Waals surface area contributed by atoms with Crippen LogP contribution in [0.15, 0.2) is 52.7 Å². The summed E-state index contributed by atoms with van der Waals surface area (Å²) in [6.07, 6.45) is 2.53. The van der Waals surface area contributed by atoms with Crippen LogP contribution in [0.2, 0.25) is 5.02 Å². The van der Waals surface area contributed by atoms with Crippen molar-refractivity contribution in [3.05, 3.63) is 58.3 Å². The summed E-state index contributed by atoms with van der Waals surface area (Å²) < 4.78 is 4.84. The van der Waals surface area contributed by atoms with Gasteiger partial charge in [-0.25, -0.2) is 4.79 Å². The minimum atomic E-state index is -1.13. The van der Waals surface area contributed by atoms with Gasteiger partial charge >= 0.3 is 11.9 Å². The summed E-state index contributed by atoms with van der Waals surface area (Å²) in [6, 6.07) is 8.53. The van der Waals surface area contributed by atoms with Gasteiger partial charge in [0.25, 0.3) is 0 Å². The molecule has 2 rings (SSSR count). The molecule has 0 bridgehead atoms. The zero-order valence-electron chi connectivity index (χ0n) is 13.6. The fourth-order valence-electron chi connectivity index (χ4n) is 2.86. The van der Waals surface area contributed by atoms with Gasteiger partial charge in [-0.05, 0) is 24.6 Å². The third kappa shape index (κ3) is 3.62. The number of methoxy groups -OCH3 is 1. The Hall–Kier alpha value is -2.91. The highest BCUT2D eigenvalue weighted by molar-refractivity contribution is 6.31. The van der Waals surface area contributed by atoms with Crippen molar-refractivity contribution in [2.75, 3.05) is 7.11 Å². The SMILES string of the molecule is COC(=O)C1=C(C=CC#N)N=C(C)C(C(=O)O)C1c1ccccc1Cl. The molecule has 1 aromatic carbocycles. The summed E-state index contributed by atoms with van der Waals surface area (Å²) in [6.45, 7) is 1.57. The number of allylic oxidation sites excluding steroid dienone is 2. The Morgan fingerprint density at radius 2 is 2.08 bits per heavy atom. The molecule has 0 saturated carbocycles. The topological polar surface area (TPSA) is 99.8 Å². The molecule has 1 aromatic rings. The average Bonchev–Trinajstić information content (AvgIpc) is 2.58. The first-order chi connectivity index (χ1) is 11.9. The van der Waals surface area contributed by atoms with Gasteiger partial charge < -0.3 is 9.84 Å². The third-order valence-electron chi connectivity index (χ3n) is 3.89. The number of ether oxygens (including phenoxy) is 1. The summed E-state index contributed by atoms with van der Waals surface area (Å²) in [5.41, 5.74) is 1.03. The van der Waals surface area contributed by atoms with E-state index < -0.39 is 23.8 Å². The number of halogens is 1. The molecule has 0 aliphatic carbocycles. The van der Waals surface area contributed by atoms with Crippen molar-refractivity contribution in [1.29, 1.82) is 5.26 Å². The van der Waals surface area contributed by atoms with Crippen LogP contribution in [0.25, 0.3) is 0 Å². The minimum Gasteiger partial charge on any atom is -0.481 e. The van der Waals surface area contributed by atoms with Crippen LogP contribution in [0.5, 0.6) is 0 Å². The van der Waals surface area contributed by atoms with Gasteiger partial charge in [-0.1, -0.05) is 29.8 Å². The normalized spacial score (nSPS) is 20.2. The number of rotatable bonds is 4. The third-order valence-corrected chi connectivity index (χ3v) is 4.24. The maximum atomic E-state index is 12.4. The van der Waals surface area contributed by atoms with Gasteiger partial charge in [0.15, 0.2) is 0 Å². The lowest BCUT2D eigenvalue weighted by atomic mass is 9.75. The highest BCUT2D eigenvalue weighted by Crippen LogP contribution is 2.42. The highest BCUT2D eigenvalue weighted by Gasteiger charge is 2.42. The van der Waals surface area contributed by atoms with E-state index in [0.717, 1.165) is 0 Å². The van der Waals surface area contributed by atoms with Gasteiger partial charge in [0.05, 0.1) is 24.4 Å². The van der Waals surface area contributed by atoms with E-state index in [1.54, 1.807) is 31.2 Å². The summed E-state index contributed by atoms with van der Waals surface area (Å²) in [5.74, 6) is -3.80. The standard InChI is InChI=1S/C18H15ClN2O4/c1-10-14(17(22)23)15(11-6-3-4-7-12(11)19)16(18(24)25-2)13(21-10)8-5-9-20/h3-8,14-15H,1-2H3,(H,22,23). The molecule has 0 amide bonds. The lowest BCUT2D eigenvalue weighted by Crippen LogP contribution is -2.35. The van der Waals surface area contributed by atoms with Crippen molar-refractivity contribution in [3.63, 3.8) is 0 Å². The van der Waals surface area contributed by atoms with E-state index in [0.29, 0.717) is 16.3 Å². The second kappa shape index (κ2) is 7.77. The predicted molar refractivity (Wildman–Crippen MR) is 92.2 cm³/mol. The molecule has 2 atom stereocenters. The molecule has 1 aliphatic rings. The Labute approximate surface area is 149 Å². The van der Waals surface area contributed by atoms with Crippen LogP contribution in [0.3, 0.4) is 0 Å². The van der Waals surface area contributed by atoms with Crippen molar-refractivity contribution in [3.8, 4) is 6.07 Å². The number of nitriles is 1. The van der Waals surface area contributed by atoms with Gasteiger partial charge in [-0.15, -0.1) is 0 Å². The Morgan fingerprint density at radius 3 is 2.64 bits per heavy atom. The first-order valence-corrected chi connectivity index (χ1v) is 7.71. The molecule has 1 N–H and O–H groups in total. The van der Waals surface area contributed by atoms with Crippen molar-refractivity contribution < 1.29 is 19.4 Å². The van der Waals surface area contributed by atoms with Gasteiger partial charge in [-0.2, -0.15) is 5.26 Å². The van der Waals surface area contributed by atoms with E-state index in [2.05, 4.69) is 4.99 Å². The second-order valence-corrected chi connectivity index (χ2v) is 5.73. The van der Waals surface area contributed by atoms with Crippen molar-refractivity contribution in [2.45, 2.75) is 12.8 Å². The number of carboxylic acids is 1. The molecule has 0 saturated heterocycles. The zero-order chi connectivity index (χ0) is 18.6. The molecule has 1 aliphatic heterocycles. The van der Waals surface area contributed by atoms with Crippen LogP contribution in [0.4, 0.5) is 0 Å². The summed E-state index contributed by atoms with van der Waals surface area (Å²) >= 11 is 6.26. The molecule has 2 unspecified atom stereocenters. The van der Waals surface area contributed by atoms with E-state index in [-0.39, 0.29) is 11.3 Å². The lowest BCUT2D eigenvalue weighted by molar-refractivity contribution is -0.140. The Bertz CT molecular complexity index is 849. The molecule has 25 heavy (non-hydrogen) atoms. The average molecular weight is 359 g/mol. The van der Waals surface area contributed by atoms with Crippen LogP contribution >= 0.6 is 11.6 Å². The van der Waals surface area contributed by atoms with Gasteiger partial charge in [-0.3, -0.25) is 9.79 Å². The molecule has 0 fully saturated rings. The van der Waals surface area contributed by atoms with E-state index in [9.17, 15) is 14.7 Å². The smallest absolute Gasteiger partial charge is 0.336 e. The largest absolute Gasteiger partial charge is 0.481 e. The number of nitrogens with zero attached hydrogens (tertiary/aromatic N) is 2. The fourth-order valence-corrected chi connectivity index (χ4v) is 3.11. The second-order valence-electron chi connectivity index (χ2n) is 5.32. The molecule has 1 heterocycles. The quantitative estimate of drug-likeness (QED) is 0.658. The van der Waals surface area contributed by atoms with E-state index in [1.165, 1.54) is 19.3 Å². The van der Waals surface area contributed by atoms with Gasteiger partial charge in [0.1, 0.15) is 5.92 Å². The number of aliphatic imine (C=N–C) groups is 1. The summed E-state index contributed by atoms with van der Waals surface area (Å²) in [5, 5.41) is 18.8. The zero-order valence-corrected chi connectivity index (χ0v) is 14.3. The number of carboxylic acid groups (broad SMARTS) is 1. The Kier molecular flexibility index (Phi) is 5.73. The number of aliphatic carboxylic acids is 1. The molecular weight excluding hydrogens is 344 g/mol. The Morgan fingerprint density at radius 1 is 1.40 bits per heavy atom. The van der Waals surface area contributed by atoms with E-state index in [1.807, 2.05) is 6.07 Å². The molecule has 0 radical (unpaired) electrons. The highest BCUT2D eigenvalue weighted by atomic mass is 35.5. The molecule has 0 aromatic heterocycles. The van der Waals surface area contributed by atoms with Crippen LogP contribution < -0.4 is 0 Å². The fraction of sp³-hybridized carbons (Fsp3) is 0.222. The maximum absolute atomic E-state index is 12.4. The molecule has 7 heteroatoms. The number of carbonyl (C=O) groups is 2. The number of esters is 1. The molecular formula is C18H15ClN2O4. The van der Waals surface area contributed by atoms with Crippen LogP contribution in [0, 0.1) is 17.2 Å². The van der Waals surface area contributed by atoms with Crippen molar-refractivity contribution >= 4 is 29.3 Å². The maximum Gasteiger partial charge on any atom is 0.336 e. The number of carbonyl (C=O) groups excluding carboxylic acids is 1. The number of hydrogen-bond acceptors (Lipinski definition) is 5. The predicted octanol–water partition coefficient (Wildman–Crippen LogP) is 3.11. The summed E-state index contributed by atoms with van der Waals surface area (Å²) in [4.78, 5) is 28.5. The lowest BCUT2D eigenvalue weighted by Gasteiger charge is -2.30. The first kappa shape index (κ1) is 18.4. The van der Waals surface area contributed by atoms with Crippen molar-refractivity contribution in [1.82, 2.24) is 0 Å². The summed E-state index contributed by atoms with van der Waals surface area (Å²) in [7, 11) is 1.20. The number of hydrogen-bond donors (Lipinski definition) is 1. The van der Waals surface area contributed by atoms with Crippen LogP contribution in [0.1, 0.15) is 18.4 Å². The van der Waals surface area contributed by atoms with Crippen molar-refractivity contribution in [2.24, 2.45) is 10.9 Å².